The van der Waals surface area contributed by atoms with Crippen molar-refractivity contribution < 1.29 is 4.79 Å². The average Bonchev–Trinajstić information content (AvgIpc) is 2.35. The fourth-order valence-electron chi connectivity index (χ4n) is 0.611. The maximum absolute atomic E-state index is 10.7. The Morgan fingerprint density at radius 3 is 3.09 bits per heavy atom. The zero-order valence-electron chi connectivity index (χ0n) is 6.13. The first-order chi connectivity index (χ1) is 5.22. The van der Waals surface area contributed by atoms with Gasteiger partial charge in [0.05, 0.1) is 12.2 Å². The highest BCUT2D eigenvalue weighted by molar-refractivity contribution is 7.10. The lowest BCUT2D eigenvalue weighted by Gasteiger charge is -1.95. The number of nitrogens with two attached hydrogens (primary N) is 1. The minimum atomic E-state index is -0.186. The number of nitrogens with one attached hydrogen (secondary N) is 1. The summed E-state index contributed by atoms with van der Waals surface area (Å²) >= 11 is 1.26. The Kier molecular flexibility index (Phi) is 2.56. The molecule has 11 heavy (non-hydrogen) atoms. The summed E-state index contributed by atoms with van der Waals surface area (Å²) in [5.41, 5.74) is 6.00. The van der Waals surface area contributed by atoms with Crippen molar-refractivity contribution in [2.24, 2.45) is 5.73 Å². The number of carbonyl (C=O) groups excluding carboxylic acids is 1. The van der Waals surface area contributed by atoms with E-state index in [1.54, 1.807) is 6.07 Å². The molecule has 0 aliphatic carbocycles. The molecule has 0 spiro atoms. The molecule has 0 fully saturated rings. The summed E-state index contributed by atoms with van der Waals surface area (Å²) in [5, 5.41) is 3.35. The lowest BCUT2D eigenvalue weighted by atomic mass is 10.5. The molecule has 5 heteroatoms. The number of carbonyl (C=O) groups is 1. The van der Waals surface area contributed by atoms with Crippen LogP contribution in [0, 0.1) is 6.92 Å². The maximum atomic E-state index is 10.7. The minimum Gasteiger partial charge on any atom is -0.322 e. The van der Waals surface area contributed by atoms with Crippen LogP contribution in [0.2, 0.25) is 0 Å². The minimum absolute atomic E-state index is 0.0109. The SMILES string of the molecule is Cc1cc(NC(=O)CN)sn1. The average molecular weight is 171 g/mol. The number of anilines is 1. The fourth-order valence-corrected chi connectivity index (χ4v) is 1.29. The summed E-state index contributed by atoms with van der Waals surface area (Å²) in [6.45, 7) is 1.88. The van der Waals surface area contributed by atoms with Crippen molar-refractivity contribution in [2.75, 3.05) is 11.9 Å². The Bertz CT molecular complexity index is 258. The van der Waals surface area contributed by atoms with Gasteiger partial charge in [0.25, 0.3) is 0 Å². The van der Waals surface area contributed by atoms with Gasteiger partial charge in [-0.05, 0) is 24.5 Å². The van der Waals surface area contributed by atoms with Crippen LogP contribution in [0.25, 0.3) is 0 Å². The van der Waals surface area contributed by atoms with Crippen molar-refractivity contribution in [3.05, 3.63) is 11.8 Å². The Hall–Kier alpha value is -0.940. The molecule has 0 saturated carbocycles. The van der Waals surface area contributed by atoms with Crippen molar-refractivity contribution in [2.45, 2.75) is 6.92 Å². The smallest absolute Gasteiger partial charge is 0.238 e. The Balaban J connectivity index is 2.57. The van der Waals surface area contributed by atoms with Crippen molar-refractivity contribution in [3.63, 3.8) is 0 Å². The van der Waals surface area contributed by atoms with E-state index in [1.165, 1.54) is 11.5 Å². The number of rotatable bonds is 2. The number of nitrogens with zero attached hydrogens (tertiary/aromatic N) is 1. The summed E-state index contributed by atoms with van der Waals surface area (Å²) in [4.78, 5) is 10.7. The van der Waals surface area contributed by atoms with Crippen LogP contribution in [0.4, 0.5) is 5.00 Å². The van der Waals surface area contributed by atoms with Crippen molar-refractivity contribution in [1.82, 2.24) is 4.37 Å². The first-order valence-electron chi connectivity index (χ1n) is 3.15. The first-order valence-corrected chi connectivity index (χ1v) is 3.93. The standard InChI is InChI=1S/C6H9N3OS/c1-4-2-6(11-9-4)8-5(10)3-7/h2H,3,7H2,1H3,(H,8,10). The third-order valence-electron chi connectivity index (χ3n) is 1.08. The summed E-state index contributed by atoms with van der Waals surface area (Å²) < 4.78 is 3.99. The molecule has 1 aromatic heterocycles. The van der Waals surface area contributed by atoms with E-state index in [2.05, 4.69) is 9.69 Å². The number of amides is 1. The molecule has 1 amide bonds. The van der Waals surface area contributed by atoms with Gasteiger partial charge in [-0.3, -0.25) is 4.79 Å². The van der Waals surface area contributed by atoms with Gasteiger partial charge in [-0.15, -0.1) is 0 Å². The summed E-state index contributed by atoms with van der Waals surface area (Å²) in [6.07, 6.45) is 0. The first kappa shape index (κ1) is 8.16. The number of hydrogen-bond acceptors (Lipinski definition) is 4. The van der Waals surface area contributed by atoms with E-state index in [4.69, 9.17) is 5.73 Å². The quantitative estimate of drug-likeness (QED) is 0.674. The Morgan fingerprint density at radius 1 is 1.91 bits per heavy atom. The zero-order valence-corrected chi connectivity index (χ0v) is 6.94. The van der Waals surface area contributed by atoms with E-state index < -0.39 is 0 Å². The fraction of sp³-hybridized carbons (Fsp3) is 0.333. The molecule has 4 nitrogen and oxygen atoms in total. The molecule has 0 saturated heterocycles. The van der Waals surface area contributed by atoms with Crippen LogP contribution in [0.5, 0.6) is 0 Å². The van der Waals surface area contributed by atoms with Gasteiger partial charge in [0, 0.05) is 0 Å². The van der Waals surface area contributed by atoms with E-state index in [0.717, 1.165) is 10.7 Å². The summed E-state index contributed by atoms with van der Waals surface area (Å²) in [7, 11) is 0. The molecule has 0 radical (unpaired) electrons. The van der Waals surface area contributed by atoms with Crippen LogP contribution < -0.4 is 11.1 Å². The molecule has 1 rings (SSSR count). The van der Waals surface area contributed by atoms with Gasteiger partial charge in [-0.2, -0.15) is 4.37 Å². The highest BCUT2D eigenvalue weighted by Crippen LogP contribution is 2.14. The molecule has 1 heterocycles. The molecule has 0 unspecified atom stereocenters. The molecular weight excluding hydrogens is 162 g/mol. The van der Waals surface area contributed by atoms with Gasteiger partial charge in [0.2, 0.25) is 5.91 Å². The van der Waals surface area contributed by atoms with E-state index in [0.29, 0.717) is 0 Å². The van der Waals surface area contributed by atoms with Crippen LogP contribution in [-0.4, -0.2) is 16.8 Å². The lowest BCUT2D eigenvalue weighted by Crippen LogP contribution is -2.21. The summed E-state index contributed by atoms with van der Waals surface area (Å²) in [6, 6.07) is 1.80. The molecule has 0 aliphatic heterocycles. The number of aromatic nitrogens is 1. The molecule has 0 aliphatic rings. The van der Waals surface area contributed by atoms with Gasteiger partial charge in [0.1, 0.15) is 5.00 Å². The van der Waals surface area contributed by atoms with Gasteiger partial charge in [-0.1, -0.05) is 0 Å². The Labute approximate surface area is 68.6 Å². The topological polar surface area (TPSA) is 68.0 Å². The number of hydrogen-bond donors (Lipinski definition) is 2. The molecule has 1 aromatic rings. The zero-order chi connectivity index (χ0) is 8.27. The van der Waals surface area contributed by atoms with E-state index in [-0.39, 0.29) is 12.5 Å². The van der Waals surface area contributed by atoms with Crippen molar-refractivity contribution in [3.8, 4) is 0 Å². The molecule has 60 valence electrons. The van der Waals surface area contributed by atoms with Gasteiger partial charge >= 0.3 is 0 Å². The van der Waals surface area contributed by atoms with Crippen molar-refractivity contribution in [1.29, 1.82) is 0 Å². The second kappa shape index (κ2) is 3.45. The second-order valence-corrected chi connectivity index (χ2v) is 2.89. The van der Waals surface area contributed by atoms with E-state index in [9.17, 15) is 4.79 Å². The van der Waals surface area contributed by atoms with E-state index in [1.807, 2.05) is 6.92 Å². The normalized spacial score (nSPS) is 9.64. The third kappa shape index (κ3) is 2.28. The third-order valence-corrected chi connectivity index (χ3v) is 1.87. The Morgan fingerprint density at radius 2 is 2.64 bits per heavy atom. The van der Waals surface area contributed by atoms with E-state index >= 15 is 0 Å². The highest BCUT2D eigenvalue weighted by atomic mass is 32.1. The predicted octanol–water partition coefficient (Wildman–Crippen LogP) is 0.349. The predicted molar refractivity (Wildman–Crippen MR) is 44.5 cm³/mol. The molecule has 0 aromatic carbocycles. The van der Waals surface area contributed by atoms with Crippen LogP contribution in [0.15, 0.2) is 6.07 Å². The van der Waals surface area contributed by atoms with Crippen LogP contribution in [-0.2, 0) is 4.79 Å². The molecular formula is C6H9N3OS. The summed E-state index contributed by atoms with van der Waals surface area (Å²) in [5.74, 6) is -0.186. The highest BCUT2D eigenvalue weighted by Gasteiger charge is 2.00. The van der Waals surface area contributed by atoms with Crippen LogP contribution >= 0.6 is 11.5 Å². The van der Waals surface area contributed by atoms with Crippen LogP contribution in [0.1, 0.15) is 5.69 Å². The van der Waals surface area contributed by atoms with Crippen LogP contribution in [0.3, 0.4) is 0 Å². The van der Waals surface area contributed by atoms with Gasteiger partial charge in [0.15, 0.2) is 0 Å². The lowest BCUT2D eigenvalue weighted by molar-refractivity contribution is -0.114. The monoisotopic (exact) mass is 171 g/mol. The number of aryl methyl sites for hydroxylation is 1. The molecule has 0 bridgehead atoms. The molecule has 3 N–H and O–H groups in total. The maximum Gasteiger partial charge on any atom is 0.238 e. The molecule has 0 atom stereocenters. The van der Waals surface area contributed by atoms with Gasteiger partial charge < -0.3 is 11.1 Å². The van der Waals surface area contributed by atoms with Gasteiger partial charge in [-0.25, -0.2) is 0 Å². The second-order valence-electron chi connectivity index (χ2n) is 2.08. The largest absolute Gasteiger partial charge is 0.322 e. The van der Waals surface area contributed by atoms with Crippen molar-refractivity contribution >= 4 is 22.4 Å².